The molecule has 0 aliphatic carbocycles. The molecule has 3 heteroatoms. The molecule has 0 fully saturated rings. The largest absolute Gasteiger partial charge is 0.507 e. The van der Waals surface area contributed by atoms with Gasteiger partial charge in [-0.05, 0) is 24.3 Å². The molecule has 0 unspecified atom stereocenters. The molecule has 0 spiro atoms. The van der Waals surface area contributed by atoms with Crippen LogP contribution in [0, 0.1) is 0 Å². The average Bonchev–Trinajstić information content (AvgIpc) is 2.60. The molecule has 2 N–H and O–H groups in total. The van der Waals surface area contributed by atoms with Crippen LogP contribution in [0.1, 0.15) is 0 Å². The van der Waals surface area contributed by atoms with Gasteiger partial charge in [-0.15, -0.1) is 0 Å². The van der Waals surface area contributed by atoms with E-state index < -0.39 is 0 Å². The second kappa shape index (κ2) is 5.21. The van der Waals surface area contributed by atoms with Gasteiger partial charge in [-0.2, -0.15) is 0 Å². The summed E-state index contributed by atoms with van der Waals surface area (Å²) >= 11 is 0. The van der Waals surface area contributed by atoms with E-state index in [2.05, 4.69) is 0 Å². The van der Waals surface area contributed by atoms with Crippen LogP contribution in [0.15, 0.2) is 72.8 Å². The standard InChI is InChI=1S/C20H14O3/c21-17-9-11-19(15-7-3-1-5-13(15)17)23-20-12-10-18(22)14-6-2-4-8-16(14)20/h1-12,21-22H. The van der Waals surface area contributed by atoms with Crippen molar-refractivity contribution in [3.63, 3.8) is 0 Å². The lowest BCUT2D eigenvalue weighted by Gasteiger charge is -2.12. The van der Waals surface area contributed by atoms with Crippen molar-refractivity contribution in [2.24, 2.45) is 0 Å². The number of hydrogen-bond donors (Lipinski definition) is 2. The smallest absolute Gasteiger partial charge is 0.135 e. The van der Waals surface area contributed by atoms with E-state index in [0.717, 1.165) is 21.5 Å². The van der Waals surface area contributed by atoms with Crippen LogP contribution in [-0.2, 0) is 0 Å². The molecule has 0 saturated carbocycles. The molecule has 0 saturated heterocycles. The second-order valence-corrected chi connectivity index (χ2v) is 5.36. The Hall–Kier alpha value is -3.20. The van der Waals surface area contributed by atoms with Crippen molar-refractivity contribution in [2.45, 2.75) is 0 Å². The molecule has 0 atom stereocenters. The maximum Gasteiger partial charge on any atom is 0.135 e. The van der Waals surface area contributed by atoms with Gasteiger partial charge in [-0.3, -0.25) is 0 Å². The topological polar surface area (TPSA) is 49.7 Å². The van der Waals surface area contributed by atoms with Gasteiger partial charge in [0.15, 0.2) is 0 Å². The van der Waals surface area contributed by atoms with Crippen molar-refractivity contribution in [2.75, 3.05) is 0 Å². The van der Waals surface area contributed by atoms with Crippen LogP contribution < -0.4 is 4.74 Å². The number of phenolic OH excluding ortho intramolecular Hbond substituents is 2. The van der Waals surface area contributed by atoms with Gasteiger partial charge in [0.25, 0.3) is 0 Å². The summed E-state index contributed by atoms with van der Waals surface area (Å²) in [7, 11) is 0. The Kier molecular flexibility index (Phi) is 3.05. The normalized spacial score (nSPS) is 11.0. The summed E-state index contributed by atoms with van der Waals surface area (Å²) in [5, 5.41) is 23.1. The Morgan fingerprint density at radius 1 is 0.478 bits per heavy atom. The van der Waals surface area contributed by atoms with Crippen LogP contribution in [0.3, 0.4) is 0 Å². The average molecular weight is 302 g/mol. The SMILES string of the molecule is Oc1ccc(Oc2ccc(O)c3ccccc23)c2ccccc12. The summed E-state index contributed by atoms with van der Waals surface area (Å²) in [5.74, 6) is 1.77. The Labute approximate surface area is 133 Å². The van der Waals surface area contributed by atoms with E-state index in [1.54, 1.807) is 24.3 Å². The zero-order chi connectivity index (χ0) is 15.8. The fourth-order valence-corrected chi connectivity index (χ4v) is 2.81. The van der Waals surface area contributed by atoms with Crippen molar-refractivity contribution in [1.29, 1.82) is 0 Å². The minimum absolute atomic E-state index is 0.225. The van der Waals surface area contributed by atoms with Crippen LogP contribution in [0.5, 0.6) is 23.0 Å². The van der Waals surface area contributed by atoms with E-state index in [0.29, 0.717) is 11.5 Å². The Balaban J connectivity index is 1.89. The molecule has 112 valence electrons. The quantitative estimate of drug-likeness (QED) is 0.535. The highest BCUT2D eigenvalue weighted by Crippen LogP contribution is 2.38. The Morgan fingerprint density at radius 3 is 1.30 bits per heavy atom. The lowest BCUT2D eigenvalue weighted by Crippen LogP contribution is -1.88. The molecule has 23 heavy (non-hydrogen) atoms. The van der Waals surface area contributed by atoms with Crippen LogP contribution in [0.2, 0.25) is 0 Å². The fraction of sp³-hybridized carbons (Fsp3) is 0. The van der Waals surface area contributed by atoms with Gasteiger partial charge in [0.05, 0.1) is 0 Å². The van der Waals surface area contributed by atoms with Crippen LogP contribution in [0.25, 0.3) is 21.5 Å². The molecule has 0 amide bonds. The maximum atomic E-state index is 9.98. The van der Waals surface area contributed by atoms with Gasteiger partial charge in [-0.25, -0.2) is 0 Å². The highest BCUT2D eigenvalue weighted by molar-refractivity contribution is 5.95. The second-order valence-electron chi connectivity index (χ2n) is 5.36. The number of ether oxygens (including phenoxy) is 1. The third-order valence-electron chi connectivity index (χ3n) is 3.94. The molecule has 4 aromatic carbocycles. The van der Waals surface area contributed by atoms with Crippen molar-refractivity contribution < 1.29 is 14.9 Å². The number of rotatable bonds is 2. The van der Waals surface area contributed by atoms with Gasteiger partial charge >= 0.3 is 0 Å². The van der Waals surface area contributed by atoms with E-state index >= 15 is 0 Å². The van der Waals surface area contributed by atoms with E-state index in [9.17, 15) is 10.2 Å². The molecule has 3 nitrogen and oxygen atoms in total. The van der Waals surface area contributed by atoms with E-state index in [-0.39, 0.29) is 11.5 Å². The van der Waals surface area contributed by atoms with E-state index in [1.165, 1.54) is 0 Å². The molecular weight excluding hydrogens is 288 g/mol. The molecule has 0 aliphatic heterocycles. The van der Waals surface area contributed by atoms with Gasteiger partial charge in [-0.1, -0.05) is 48.5 Å². The van der Waals surface area contributed by atoms with E-state index in [4.69, 9.17) is 4.74 Å². The van der Waals surface area contributed by atoms with Gasteiger partial charge in [0.2, 0.25) is 0 Å². The lowest BCUT2D eigenvalue weighted by atomic mass is 10.1. The lowest BCUT2D eigenvalue weighted by molar-refractivity contribution is 0.471. The highest BCUT2D eigenvalue weighted by Gasteiger charge is 2.10. The monoisotopic (exact) mass is 302 g/mol. The molecule has 0 radical (unpaired) electrons. The summed E-state index contributed by atoms with van der Waals surface area (Å²) < 4.78 is 6.09. The van der Waals surface area contributed by atoms with Gasteiger partial charge in [0, 0.05) is 21.5 Å². The predicted octanol–water partition coefficient (Wildman–Crippen LogP) is 5.20. The highest BCUT2D eigenvalue weighted by atomic mass is 16.5. The Morgan fingerprint density at radius 2 is 0.870 bits per heavy atom. The summed E-state index contributed by atoms with van der Waals surface area (Å²) in [6.07, 6.45) is 0. The first-order valence-corrected chi connectivity index (χ1v) is 7.33. The third-order valence-corrected chi connectivity index (χ3v) is 3.94. The molecular formula is C20H14O3. The Bertz CT molecular complexity index is 938. The molecule has 4 aromatic rings. The van der Waals surface area contributed by atoms with Crippen LogP contribution in [-0.4, -0.2) is 10.2 Å². The summed E-state index contributed by atoms with van der Waals surface area (Å²) in [5.41, 5.74) is 0. The molecule has 4 rings (SSSR count). The van der Waals surface area contributed by atoms with Gasteiger partial charge in [0.1, 0.15) is 23.0 Å². The van der Waals surface area contributed by atoms with Crippen molar-refractivity contribution >= 4 is 21.5 Å². The molecule has 0 aliphatic rings. The first kappa shape index (κ1) is 13.5. The van der Waals surface area contributed by atoms with Crippen molar-refractivity contribution in [3.8, 4) is 23.0 Å². The maximum absolute atomic E-state index is 9.98. The first-order chi connectivity index (χ1) is 11.2. The summed E-state index contributed by atoms with van der Waals surface area (Å²) in [6.45, 7) is 0. The molecule has 0 heterocycles. The third kappa shape index (κ3) is 2.23. The molecule has 0 aromatic heterocycles. The number of benzene rings is 4. The fourth-order valence-electron chi connectivity index (χ4n) is 2.81. The number of hydrogen-bond acceptors (Lipinski definition) is 3. The number of aromatic hydroxyl groups is 2. The van der Waals surface area contributed by atoms with Crippen LogP contribution in [0.4, 0.5) is 0 Å². The molecule has 0 bridgehead atoms. The van der Waals surface area contributed by atoms with Crippen molar-refractivity contribution in [3.05, 3.63) is 72.8 Å². The first-order valence-electron chi connectivity index (χ1n) is 7.33. The number of fused-ring (bicyclic) bond motifs is 2. The van der Waals surface area contributed by atoms with Crippen molar-refractivity contribution in [1.82, 2.24) is 0 Å². The van der Waals surface area contributed by atoms with Gasteiger partial charge < -0.3 is 14.9 Å². The predicted molar refractivity (Wildman–Crippen MR) is 91.3 cm³/mol. The van der Waals surface area contributed by atoms with E-state index in [1.807, 2.05) is 48.5 Å². The minimum atomic E-state index is 0.225. The zero-order valence-corrected chi connectivity index (χ0v) is 12.2. The zero-order valence-electron chi connectivity index (χ0n) is 12.2. The van der Waals surface area contributed by atoms with Crippen LogP contribution >= 0.6 is 0 Å². The summed E-state index contributed by atoms with van der Waals surface area (Å²) in [6, 6.07) is 21.8. The number of phenols is 2. The summed E-state index contributed by atoms with van der Waals surface area (Å²) in [4.78, 5) is 0. The minimum Gasteiger partial charge on any atom is -0.507 e.